The van der Waals surface area contributed by atoms with Crippen molar-refractivity contribution in [1.29, 1.82) is 0 Å². The Morgan fingerprint density at radius 2 is 1.78 bits per heavy atom. The number of ether oxygens (including phenoxy) is 3. The van der Waals surface area contributed by atoms with Crippen LogP contribution >= 0.6 is 0 Å². The van der Waals surface area contributed by atoms with Crippen LogP contribution in [-0.2, 0) is 17.8 Å². The third kappa shape index (κ3) is 4.27. The Hall–Kier alpha value is -3.50. The van der Waals surface area contributed by atoms with E-state index in [1.165, 1.54) is 24.9 Å². The molecule has 10 nitrogen and oxygen atoms in total. The number of rotatable bonds is 7. The summed E-state index contributed by atoms with van der Waals surface area (Å²) >= 11 is 0. The normalized spacial score (nSPS) is 14.4. The average molecular weight is 440 g/mol. The van der Waals surface area contributed by atoms with E-state index in [2.05, 4.69) is 4.90 Å². The quantitative estimate of drug-likeness (QED) is 0.406. The molecule has 0 saturated carbocycles. The molecule has 1 fully saturated rings. The van der Waals surface area contributed by atoms with E-state index < -0.39 is 4.92 Å². The van der Waals surface area contributed by atoms with Crippen molar-refractivity contribution in [3.05, 3.63) is 68.3 Å². The van der Waals surface area contributed by atoms with Crippen molar-refractivity contribution in [2.24, 2.45) is 0 Å². The van der Waals surface area contributed by atoms with Gasteiger partial charge in [-0.25, -0.2) is 4.98 Å². The number of benzene rings is 2. The van der Waals surface area contributed by atoms with Crippen LogP contribution in [0.15, 0.2) is 41.2 Å². The van der Waals surface area contributed by atoms with Crippen LogP contribution in [0.4, 0.5) is 5.69 Å². The smallest absolute Gasteiger partial charge is 0.274 e. The molecular weight excluding hydrogens is 416 g/mol. The number of nitro benzene ring substituents is 1. The lowest BCUT2D eigenvalue weighted by atomic mass is 10.1. The van der Waals surface area contributed by atoms with Crippen LogP contribution in [0.1, 0.15) is 11.4 Å². The van der Waals surface area contributed by atoms with Crippen molar-refractivity contribution < 1.29 is 19.1 Å². The lowest BCUT2D eigenvalue weighted by Gasteiger charge is -2.27. The van der Waals surface area contributed by atoms with Crippen molar-refractivity contribution in [2.75, 3.05) is 40.5 Å². The Bertz CT molecular complexity index is 1200. The van der Waals surface area contributed by atoms with Gasteiger partial charge in [-0.15, -0.1) is 0 Å². The van der Waals surface area contributed by atoms with Crippen LogP contribution in [0.25, 0.3) is 10.9 Å². The molecule has 4 rings (SSSR count). The van der Waals surface area contributed by atoms with Gasteiger partial charge >= 0.3 is 0 Å². The van der Waals surface area contributed by atoms with Gasteiger partial charge in [0.1, 0.15) is 5.82 Å². The minimum atomic E-state index is -0.440. The van der Waals surface area contributed by atoms with Crippen molar-refractivity contribution in [3.63, 3.8) is 0 Å². The maximum Gasteiger partial charge on any atom is 0.274 e. The Morgan fingerprint density at radius 1 is 1.09 bits per heavy atom. The summed E-state index contributed by atoms with van der Waals surface area (Å²) in [5.41, 5.74) is 0.584. The molecule has 3 aromatic rings. The molecule has 32 heavy (non-hydrogen) atoms. The highest BCUT2D eigenvalue weighted by atomic mass is 16.6. The fourth-order valence-corrected chi connectivity index (χ4v) is 3.83. The second-order valence-corrected chi connectivity index (χ2v) is 7.42. The molecule has 0 atom stereocenters. The molecule has 1 aliphatic rings. The van der Waals surface area contributed by atoms with Gasteiger partial charge < -0.3 is 14.2 Å². The van der Waals surface area contributed by atoms with E-state index in [0.717, 1.165) is 0 Å². The molecule has 2 heterocycles. The summed E-state index contributed by atoms with van der Waals surface area (Å²) in [6.45, 7) is 3.09. The number of nitro groups is 1. The number of methoxy groups -OCH3 is 2. The highest BCUT2D eigenvalue weighted by molar-refractivity contribution is 5.82. The molecule has 0 aliphatic carbocycles. The van der Waals surface area contributed by atoms with Gasteiger partial charge in [-0.2, -0.15) is 0 Å². The second kappa shape index (κ2) is 9.33. The van der Waals surface area contributed by atoms with Gasteiger partial charge in [-0.3, -0.25) is 24.4 Å². The summed E-state index contributed by atoms with van der Waals surface area (Å²) < 4.78 is 17.6. The van der Waals surface area contributed by atoms with Crippen LogP contribution in [0.5, 0.6) is 11.5 Å². The first kappa shape index (κ1) is 21.7. The molecule has 168 valence electrons. The molecule has 0 spiro atoms. The summed E-state index contributed by atoms with van der Waals surface area (Å²) in [5.74, 6) is 1.41. The average Bonchev–Trinajstić information content (AvgIpc) is 2.81. The molecule has 0 bridgehead atoms. The summed E-state index contributed by atoms with van der Waals surface area (Å²) in [4.78, 5) is 31.5. The number of fused-ring (bicyclic) bond motifs is 1. The Kier molecular flexibility index (Phi) is 6.33. The number of hydrogen-bond acceptors (Lipinski definition) is 8. The van der Waals surface area contributed by atoms with E-state index >= 15 is 0 Å². The second-order valence-electron chi connectivity index (χ2n) is 7.42. The standard InChI is InChI=1S/C22H24N4O6/c1-30-19-11-16-17(12-20(19)31-2)23-21(14-24-7-9-32-10-8-24)25(22(16)27)13-15-5-3-4-6-18(15)26(28)29/h3-6,11-12H,7-10,13-14H2,1-2H3. The van der Waals surface area contributed by atoms with Crippen LogP contribution in [0, 0.1) is 10.1 Å². The van der Waals surface area contributed by atoms with Gasteiger partial charge in [0.05, 0.1) is 56.3 Å². The van der Waals surface area contributed by atoms with Crippen LogP contribution in [0.3, 0.4) is 0 Å². The molecule has 1 aromatic heterocycles. The number of hydrogen-bond donors (Lipinski definition) is 0. The molecule has 0 N–H and O–H groups in total. The topological polar surface area (TPSA) is 109 Å². The number of morpholine rings is 1. The first-order chi connectivity index (χ1) is 15.5. The van der Waals surface area contributed by atoms with Gasteiger partial charge in [-0.1, -0.05) is 18.2 Å². The largest absolute Gasteiger partial charge is 0.493 e. The third-order valence-corrected chi connectivity index (χ3v) is 5.52. The van der Waals surface area contributed by atoms with Crippen LogP contribution in [0.2, 0.25) is 0 Å². The van der Waals surface area contributed by atoms with Gasteiger partial charge in [0.2, 0.25) is 0 Å². The first-order valence-corrected chi connectivity index (χ1v) is 10.2. The third-order valence-electron chi connectivity index (χ3n) is 5.52. The predicted octanol–water partition coefficient (Wildman–Crippen LogP) is 2.20. The van der Waals surface area contributed by atoms with Crippen molar-refractivity contribution in [1.82, 2.24) is 14.5 Å². The molecule has 0 amide bonds. The van der Waals surface area contributed by atoms with Crippen molar-refractivity contribution >= 4 is 16.6 Å². The van der Waals surface area contributed by atoms with E-state index in [4.69, 9.17) is 19.2 Å². The SMILES string of the molecule is COc1cc2nc(CN3CCOCC3)n(Cc3ccccc3[N+](=O)[O-])c(=O)c2cc1OC. The van der Waals surface area contributed by atoms with E-state index in [-0.39, 0.29) is 17.8 Å². The van der Waals surface area contributed by atoms with Crippen molar-refractivity contribution in [3.8, 4) is 11.5 Å². The molecule has 2 aromatic carbocycles. The monoisotopic (exact) mass is 440 g/mol. The van der Waals surface area contributed by atoms with Gasteiger partial charge in [0.25, 0.3) is 11.2 Å². The molecule has 1 aliphatic heterocycles. The van der Waals surface area contributed by atoms with Gasteiger partial charge in [-0.05, 0) is 6.07 Å². The fourth-order valence-electron chi connectivity index (χ4n) is 3.83. The number of nitrogens with zero attached hydrogens (tertiary/aromatic N) is 4. The van der Waals surface area contributed by atoms with Crippen LogP contribution in [-0.4, -0.2) is 59.9 Å². The molecular formula is C22H24N4O6. The summed E-state index contributed by atoms with van der Waals surface area (Å²) in [6.07, 6.45) is 0. The zero-order valence-corrected chi connectivity index (χ0v) is 17.9. The van der Waals surface area contributed by atoms with Gasteiger partial charge in [0, 0.05) is 30.8 Å². The Labute approximate surface area is 184 Å². The highest BCUT2D eigenvalue weighted by Gasteiger charge is 2.21. The highest BCUT2D eigenvalue weighted by Crippen LogP contribution is 2.30. The molecule has 0 unspecified atom stereocenters. The zero-order valence-electron chi connectivity index (χ0n) is 17.9. The minimum absolute atomic E-state index is 0.0347. The Morgan fingerprint density at radius 3 is 2.47 bits per heavy atom. The lowest BCUT2D eigenvalue weighted by Crippen LogP contribution is -2.38. The summed E-state index contributed by atoms with van der Waals surface area (Å²) in [7, 11) is 3.02. The van der Waals surface area contributed by atoms with Gasteiger partial charge in [0.15, 0.2) is 11.5 Å². The van der Waals surface area contributed by atoms with E-state index in [9.17, 15) is 14.9 Å². The lowest BCUT2D eigenvalue weighted by molar-refractivity contribution is -0.385. The van der Waals surface area contributed by atoms with E-state index in [0.29, 0.717) is 66.6 Å². The maximum absolute atomic E-state index is 13.6. The fraction of sp³-hybridized carbons (Fsp3) is 0.364. The summed E-state index contributed by atoms with van der Waals surface area (Å²) in [5, 5.41) is 11.9. The van der Waals surface area contributed by atoms with Crippen molar-refractivity contribution in [2.45, 2.75) is 13.1 Å². The maximum atomic E-state index is 13.6. The minimum Gasteiger partial charge on any atom is -0.493 e. The molecule has 0 radical (unpaired) electrons. The number of aromatic nitrogens is 2. The molecule has 1 saturated heterocycles. The predicted molar refractivity (Wildman–Crippen MR) is 117 cm³/mol. The Balaban J connectivity index is 1.87. The zero-order chi connectivity index (χ0) is 22.7. The number of para-hydroxylation sites is 1. The summed E-state index contributed by atoms with van der Waals surface area (Å²) in [6, 6.07) is 9.68. The molecule has 10 heteroatoms. The first-order valence-electron chi connectivity index (χ1n) is 10.2. The van der Waals surface area contributed by atoms with E-state index in [1.54, 1.807) is 30.3 Å². The van der Waals surface area contributed by atoms with E-state index in [1.807, 2.05) is 0 Å². The van der Waals surface area contributed by atoms with Crippen LogP contribution < -0.4 is 15.0 Å².